The highest BCUT2D eigenvalue weighted by Gasteiger charge is 2.18. The van der Waals surface area contributed by atoms with Gasteiger partial charge in [-0.1, -0.05) is 38.5 Å². The number of urea groups is 1. The number of hydrogen-bond donors (Lipinski definition) is 3. The SMILES string of the molecule is [C-]#[N+]c1ccc(NC(=O)Nc2cccc([C@H](CCC)NC(=O)O[C@H](CC)CC#N)c2)cc1OC. The van der Waals surface area contributed by atoms with Crippen molar-refractivity contribution in [1.29, 1.82) is 5.26 Å². The number of benzene rings is 2. The van der Waals surface area contributed by atoms with E-state index >= 15 is 0 Å². The van der Waals surface area contributed by atoms with E-state index in [-0.39, 0.29) is 12.5 Å². The van der Waals surface area contributed by atoms with Crippen LogP contribution in [0.3, 0.4) is 0 Å². The van der Waals surface area contributed by atoms with Gasteiger partial charge < -0.3 is 25.4 Å². The third-order valence-electron chi connectivity index (χ3n) is 5.02. The van der Waals surface area contributed by atoms with Gasteiger partial charge in [-0.2, -0.15) is 5.26 Å². The summed E-state index contributed by atoms with van der Waals surface area (Å²) in [4.78, 5) is 28.2. The van der Waals surface area contributed by atoms with Crippen molar-refractivity contribution in [2.24, 2.45) is 0 Å². The molecule has 0 aliphatic rings. The fourth-order valence-corrected chi connectivity index (χ4v) is 3.28. The van der Waals surface area contributed by atoms with E-state index in [4.69, 9.17) is 21.3 Å². The number of nitrogens with zero attached hydrogens (tertiary/aromatic N) is 2. The lowest BCUT2D eigenvalue weighted by molar-refractivity contribution is 0.0940. The number of ether oxygens (including phenoxy) is 2. The largest absolute Gasteiger partial charge is 0.508 e. The Kier molecular flexibility index (Phi) is 10.2. The van der Waals surface area contributed by atoms with Crippen LogP contribution in [-0.4, -0.2) is 25.3 Å². The van der Waals surface area contributed by atoms with E-state index in [1.54, 1.807) is 36.4 Å². The zero-order valence-corrected chi connectivity index (χ0v) is 19.6. The average Bonchev–Trinajstić information content (AvgIpc) is 2.83. The van der Waals surface area contributed by atoms with E-state index < -0.39 is 18.2 Å². The lowest BCUT2D eigenvalue weighted by Gasteiger charge is -2.21. The summed E-state index contributed by atoms with van der Waals surface area (Å²) in [5.41, 5.74) is 2.20. The number of rotatable bonds is 10. The molecule has 34 heavy (non-hydrogen) atoms. The molecule has 178 valence electrons. The molecule has 2 rings (SSSR count). The van der Waals surface area contributed by atoms with E-state index in [0.717, 1.165) is 12.0 Å². The van der Waals surface area contributed by atoms with Gasteiger partial charge in [0.1, 0.15) is 11.9 Å². The molecule has 0 bridgehead atoms. The fourth-order valence-electron chi connectivity index (χ4n) is 3.28. The topological polar surface area (TPSA) is 117 Å². The molecule has 0 saturated heterocycles. The minimum atomic E-state index is -0.575. The summed E-state index contributed by atoms with van der Waals surface area (Å²) in [6, 6.07) is 13.2. The van der Waals surface area contributed by atoms with E-state index in [2.05, 4.69) is 20.8 Å². The highest BCUT2D eigenvalue weighted by Crippen LogP contribution is 2.30. The Balaban J connectivity index is 2.07. The van der Waals surface area contributed by atoms with E-state index in [0.29, 0.717) is 35.7 Å². The number of nitriles is 1. The van der Waals surface area contributed by atoms with Gasteiger partial charge >= 0.3 is 12.1 Å². The average molecular weight is 464 g/mol. The second kappa shape index (κ2) is 13.3. The van der Waals surface area contributed by atoms with Crippen molar-refractivity contribution >= 4 is 29.2 Å². The van der Waals surface area contributed by atoms with Crippen molar-refractivity contribution in [2.75, 3.05) is 17.7 Å². The van der Waals surface area contributed by atoms with Gasteiger partial charge in [-0.3, -0.25) is 0 Å². The number of amides is 3. The van der Waals surface area contributed by atoms with Crippen molar-refractivity contribution in [2.45, 2.75) is 51.7 Å². The van der Waals surface area contributed by atoms with Gasteiger partial charge in [0.2, 0.25) is 5.69 Å². The molecule has 3 amide bonds. The monoisotopic (exact) mass is 463 g/mol. The van der Waals surface area contributed by atoms with Gasteiger partial charge in [0.25, 0.3) is 0 Å². The highest BCUT2D eigenvalue weighted by atomic mass is 16.6. The molecule has 2 atom stereocenters. The maximum absolute atomic E-state index is 12.5. The number of carbonyl (C=O) groups is 2. The maximum Gasteiger partial charge on any atom is 0.407 e. The quantitative estimate of drug-likeness (QED) is 0.365. The summed E-state index contributed by atoms with van der Waals surface area (Å²) >= 11 is 0. The van der Waals surface area contributed by atoms with E-state index in [9.17, 15) is 9.59 Å². The summed E-state index contributed by atoms with van der Waals surface area (Å²) in [7, 11) is 1.46. The van der Waals surface area contributed by atoms with Crippen LogP contribution in [0.2, 0.25) is 0 Å². The third kappa shape index (κ3) is 7.72. The standard InChI is InChI=1S/C25H29N5O4/c1-5-8-21(30-25(32)34-20(6-2)13-14-26)17-9-7-10-18(15-17)28-24(31)29-19-11-12-22(27-3)23(16-19)33-4/h7,9-12,15-16,20-21H,5-6,8,13H2,1-2,4H3,(H,30,32)(H2,28,29,31)/t20-,21+/m1/s1. The van der Waals surface area contributed by atoms with Crippen LogP contribution in [-0.2, 0) is 4.74 Å². The van der Waals surface area contributed by atoms with Crippen molar-refractivity contribution in [1.82, 2.24) is 5.32 Å². The molecule has 0 fully saturated rings. The first-order valence-corrected chi connectivity index (χ1v) is 11.0. The minimum Gasteiger partial charge on any atom is -0.508 e. The predicted octanol–water partition coefficient (Wildman–Crippen LogP) is 6.15. The van der Waals surface area contributed by atoms with Crippen LogP contribution < -0.4 is 20.7 Å². The Morgan fingerprint density at radius 1 is 1.15 bits per heavy atom. The van der Waals surface area contributed by atoms with Crippen LogP contribution in [0, 0.1) is 17.9 Å². The third-order valence-corrected chi connectivity index (χ3v) is 5.02. The first-order chi connectivity index (χ1) is 16.4. The van der Waals surface area contributed by atoms with Crippen LogP contribution in [0.5, 0.6) is 5.75 Å². The van der Waals surface area contributed by atoms with Crippen LogP contribution in [0.1, 0.15) is 51.1 Å². The Labute approximate surface area is 199 Å². The molecule has 2 aromatic rings. The molecular weight excluding hydrogens is 434 g/mol. The molecule has 9 heteroatoms. The van der Waals surface area contributed by atoms with Gasteiger partial charge in [-0.05, 0) is 42.7 Å². The predicted molar refractivity (Wildman–Crippen MR) is 130 cm³/mol. The Morgan fingerprint density at radius 3 is 2.50 bits per heavy atom. The molecule has 0 unspecified atom stereocenters. The summed E-state index contributed by atoms with van der Waals surface area (Å²) in [6.45, 7) is 11.0. The van der Waals surface area contributed by atoms with Crippen LogP contribution in [0.4, 0.5) is 26.7 Å². The van der Waals surface area contributed by atoms with Gasteiger partial charge in [0.15, 0.2) is 0 Å². The van der Waals surface area contributed by atoms with Crippen LogP contribution in [0.15, 0.2) is 42.5 Å². The van der Waals surface area contributed by atoms with Gasteiger partial charge in [-0.25, -0.2) is 14.4 Å². The number of alkyl carbamates (subject to hydrolysis) is 1. The normalized spacial score (nSPS) is 11.8. The van der Waals surface area contributed by atoms with Crippen molar-refractivity contribution < 1.29 is 19.1 Å². The Morgan fingerprint density at radius 2 is 1.88 bits per heavy atom. The van der Waals surface area contributed by atoms with E-state index in [1.165, 1.54) is 7.11 Å². The number of carbonyl (C=O) groups excluding carboxylic acids is 2. The summed E-state index contributed by atoms with van der Waals surface area (Å²) < 4.78 is 10.5. The van der Waals surface area contributed by atoms with Gasteiger partial charge in [0.05, 0.1) is 32.2 Å². The number of anilines is 2. The lowest BCUT2D eigenvalue weighted by atomic mass is 10.0. The molecule has 0 aliphatic heterocycles. The molecule has 9 nitrogen and oxygen atoms in total. The minimum absolute atomic E-state index is 0.142. The molecular formula is C25H29N5O4. The van der Waals surface area contributed by atoms with E-state index in [1.807, 2.05) is 26.0 Å². The second-order valence-electron chi connectivity index (χ2n) is 7.49. The number of methoxy groups -OCH3 is 1. The molecule has 0 aromatic heterocycles. The molecule has 2 aromatic carbocycles. The van der Waals surface area contributed by atoms with Gasteiger partial charge in [-0.15, -0.1) is 0 Å². The Hall–Kier alpha value is -4.24. The molecule has 0 radical (unpaired) electrons. The number of nitrogens with one attached hydrogen (secondary N) is 3. The zero-order chi connectivity index (χ0) is 24.9. The molecule has 0 saturated carbocycles. The first kappa shape index (κ1) is 26.0. The molecule has 0 spiro atoms. The molecule has 3 N–H and O–H groups in total. The maximum atomic E-state index is 12.5. The lowest BCUT2D eigenvalue weighted by Crippen LogP contribution is -2.32. The van der Waals surface area contributed by atoms with Crippen molar-refractivity contribution in [3.8, 4) is 11.8 Å². The van der Waals surface area contributed by atoms with Crippen molar-refractivity contribution in [3.05, 3.63) is 59.4 Å². The van der Waals surface area contributed by atoms with Crippen molar-refractivity contribution in [3.63, 3.8) is 0 Å². The van der Waals surface area contributed by atoms with Crippen LogP contribution in [0.25, 0.3) is 4.85 Å². The first-order valence-electron chi connectivity index (χ1n) is 11.0. The Bertz CT molecular complexity index is 1070. The molecule has 0 heterocycles. The second-order valence-corrected chi connectivity index (χ2v) is 7.49. The van der Waals surface area contributed by atoms with Gasteiger partial charge in [0, 0.05) is 11.4 Å². The molecule has 0 aliphatic carbocycles. The summed E-state index contributed by atoms with van der Waals surface area (Å²) in [5, 5.41) is 17.2. The number of hydrogen-bond acceptors (Lipinski definition) is 5. The smallest absolute Gasteiger partial charge is 0.407 e. The highest BCUT2D eigenvalue weighted by molar-refractivity contribution is 6.00. The summed E-state index contributed by atoms with van der Waals surface area (Å²) in [6.07, 6.45) is 1.16. The zero-order valence-electron chi connectivity index (χ0n) is 19.6. The van der Waals surface area contributed by atoms with Crippen LogP contribution >= 0.6 is 0 Å². The summed E-state index contributed by atoms with van der Waals surface area (Å²) in [5.74, 6) is 0.371. The fraction of sp³-hybridized carbons (Fsp3) is 0.360.